The summed E-state index contributed by atoms with van der Waals surface area (Å²) in [6, 6.07) is 10.0. The van der Waals surface area contributed by atoms with Crippen LogP contribution in [0.4, 0.5) is 5.82 Å². The third kappa shape index (κ3) is 4.40. The van der Waals surface area contributed by atoms with Gasteiger partial charge in [-0.05, 0) is 61.9 Å². The summed E-state index contributed by atoms with van der Waals surface area (Å²) in [7, 11) is 0. The Hall–Kier alpha value is -2.87. The molecular formula is C27H27Cl2N5O2. The van der Waals surface area contributed by atoms with Gasteiger partial charge in [-0.3, -0.25) is 10.1 Å². The second kappa shape index (κ2) is 9.54. The number of anilines is 1. The number of aromatic nitrogens is 4. The first-order valence-electron chi connectivity index (χ1n) is 12.2. The molecule has 5 heterocycles. The first-order valence-corrected chi connectivity index (χ1v) is 13.0. The molecule has 2 fully saturated rings. The van der Waals surface area contributed by atoms with Crippen molar-refractivity contribution in [1.82, 2.24) is 20.2 Å². The lowest BCUT2D eigenvalue weighted by Crippen LogP contribution is -2.40. The van der Waals surface area contributed by atoms with E-state index in [0.717, 1.165) is 67.1 Å². The number of aromatic amines is 1. The van der Waals surface area contributed by atoms with Gasteiger partial charge in [-0.2, -0.15) is 5.10 Å². The summed E-state index contributed by atoms with van der Waals surface area (Å²) in [6.45, 7) is 5.77. The zero-order valence-electron chi connectivity index (χ0n) is 20.0. The minimum atomic E-state index is -0.346. The average Bonchev–Trinajstić information content (AvgIpc) is 3.52. The second-order valence-electron chi connectivity index (χ2n) is 9.75. The van der Waals surface area contributed by atoms with Crippen LogP contribution in [-0.2, 0) is 4.74 Å². The van der Waals surface area contributed by atoms with E-state index in [9.17, 15) is 0 Å². The Morgan fingerprint density at radius 2 is 1.86 bits per heavy atom. The maximum Gasteiger partial charge on any atom is 0.128 e. The summed E-state index contributed by atoms with van der Waals surface area (Å²) in [5.41, 5.74) is 3.81. The summed E-state index contributed by atoms with van der Waals surface area (Å²) in [5, 5.41) is 9.60. The number of benzene rings is 1. The van der Waals surface area contributed by atoms with Gasteiger partial charge in [-0.1, -0.05) is 23.2 Å². The third-order valence-corrected chi connectivity index (χ3v) is 8.10. The highest BCUT2D eigenvalue weighted by molar-refractivity contribution is 6.35. The van der Waals surface area contributed by atoms with Crippen LogP contribution in [-0.4, -0.2) is 46.5 Å². The number of hydrogen-bond donors (Lipinski definition) is 1. The van der Waals surface area contributed by atoms with E-state index >= 15 is 0 Å². The Balaban J connectivity index is 1.21. The molecule has 0 saturated carbocycles. The highest BCUT2D eigenvalue weighted by atomic mass is 35.5. The monoisotopic (exact) mass is 523 g/mol. The van der Waals surface area contributed by atoms with E-state index in [-0.39, 0.29) is 6.10 Å². The first kappa shape index (κ1) is 23.5. The number of piperidine rings is 1. The normalized spacial score (nSPS) is 18.1. The van der Waals surface area contributed by atoms with Gasteiger partial charge >= 0.3 is 0 Å². The van der Waals surface area contributed by atoms with Crippen LogP contribution in [0.2, 0.25) is 10.0 Å². The van der Waals surface area contributed by atoms with Gasteiger partial charge in [0.1, 0.15) is 23.4 Å². The van der Waals surface area contributed by atoms with E-state index in [0.29, 0.717) is 26.8 Å². The van der Waals surface area contributed by atoms with E-state index in [2.05, 4.69) is 32.2 Å². The molecule has 0 aliphatic carbocycles. The maximum atomic E-state index is 6.32. The summed E-state index contributed by atoms with van der Waals surface area (Å²) < 4.78 is 11.9. The predicted molar refractivity (Wildman–Crippen MR) is 142 cm³/mol. The number of hydrogen-bond acceptors (Lipinski definition) is 6. The number of nitrogens with one attached hydrogen (secondary N) is 1. The SMILES string of the molecule is C[C@@H](Oc1ccc2[nH]nc(-c3ccc(N4CCC5(CCOC5)CC4)nc3)c2c1)c1c(Cl)cncc1Cl. The number of ether oxygens (including phenoxy) is 2. The first-order chi connectivity index (χ1) is 17.5. The van der Waals surface area contributed by atoms with Crippen LogP contribution < -0.4 is 9.64 Å². The van der Waals surface area contributed by atoms with Gasteiger partial charge in [0.25, 0.3) is 0 Å². The lowest BCUT2D eigenvalue weighted by atomic mass is 9.78. The molecule has 6 rings (SSSR count). The molecule has 36 heavy (non-hydrogen) atoms. The van der Waals surface area contributed by atoms with Crippen LogP contribution in [0.5, 0.6) is 5.75 Å². The molecule has 1 spiro atoms. The van der Waals surface area contributed by atoms with Crippen molar-refractivity contribution < 1.29 is 9.47 Å². The van der Waals surface area contributed by atoms with Crippen molar-refractivity contribution in [2.75, 3.05) is 31.2 Å². The smallest absolute Gasteiger partial charge is 0.128 e. The molecule has 0 amide bonds. The molecule has 0 unspecified atom stereocenters. The van der Waals surface area contributed by atoms with Gasteiger partial charge in [0.05, 0.1) is 22.2 Å². The molecule has 186 valence electrons. The Bertz CT molecular complexity index is 1350. The fourth-order valence-corrected chi connectivity index (χ4v) is 6.00. The zero-order chi connectivity index (χ0) is 24.7. The number of H-pyrrole nitrogens is 1. The van der Waals surface area contributed by atoms with Crippen LogP contribution in [0.3, 0.4) is 0 Å². The topological polar surface area (TPSA) is 76.2 Å². The molecular weight excluding hydrogens is 497 g/mol. The van der Waals surface area contributed by atoms with Crippen molar-refractivity contribution in [3.05, 3.63) is 64.5 Å². The molecule has 2 saturated heterocycles. The molecule has 2 aliphatic rings. The largest absolute Gasteiger partial charge is 0.486 e. The molecule has 1 aromatic carbocycles. The minimum Gasteiger partial charge on any atom is -0.486 e. The van der Waals surface area contributed by atoms with Crippen LogP contribution in [0.15, 0.2) is 48.9 Å². The number of pyridine rings is 2. The summed E-state index contributed by atoms with van der Waals surface area (Å²) in [4.78, 5) is 11.2. The highest BCUT2D eigenvalue weighted by Crippen LogP contribution is 2.40. The van der Waals surface area contributed by atoms with Gasteiger partial charge < -0.3 is 14.4 Å². The molecule has 3 aromatic heterocycles. The Morgan fingerprint density at radius 3 is 2.56 bits per heavy atom. The molecule has 1 atom stereocenters. The van der Waals surface area contributed by atoms with E-state index < -0.39 is 0 Å². The predicted octanol–water partition coefficient (Wildman–Crippen LogP) is 6.47. The number of fused-ring (bicyclic) bond motifs is 1. The standard InChI is InChI=1S/C27H27Cl2N5O2/c1-17(25-21(28)14-30-15-22(25)29)36-19-3-4-23-20(12-19)26(33-32-23)18-2-5-24(31-13-18)34-9-6-27(7-10-34)8-11-35-16-27/h2-5,12-15,17H,6-11,16H2,1H3,(H,32,33)/t17-/m1/s1. The Kier molecular flexibility index (Phi) is 6.23. The van der Waals surface area contributed by atoms with E-state index in [4.69, 9.17) is 37.7 Å². The van der Waals surface area contributed by atoms with Gasteiger partial charge in [0.15, 0.2) is 0 Å². The minimum absolute atomic E-state index is 0.346. The maximum absolute atomic E-state index is 6.32. The lowest BCUT2D eigenvalue weighted by Gasteiger charge is -2.38. The van der Waals surface area contributed by atoms with Crippen LogP contribution in [0, 0.1) is 5.41 Å². The molecule has 7 nitrogen and oxygen atoms in total. The summed E-state index contributed by atoms with van der Waals surface area (Å²) in [6.07, 6.45) is 8.22. The summed E-state index contributed by atoms with van der Waals surface area (Å²) in [5.74, 6) is 1.71. The van der Waals surface area contributed by atoms with E-state index in [1.165, 1.54) is 6.42 Å². The molecule has 2 aliphatic heterocycles. The van der Waals surface area contributed by atoms with E-state index in [1.807, 2.05) is 31.3 Å². The fraction of sp³-hybridized carbons (Fsp3) is 0.370. The average molecular weight is 524 g/mol. The molecule has 4 aromatic rings. The van der Waals surface area contributed by atoms with Crippen LogP contribution in [0.25, 0.3) is 22.2 Å². The van der Waals surface area contributed by atoms with Gasteiger partial charge in [0.2, 0.25) is 0 Å². The third-order valence-electron chi connectivity index (χ3n) is 7.50. The van der Waals surface area contributed by atoms with Gasteiger partial charge in [-0.15, -0.1) is 0 Å². The Labute approximate surface area is 219 Å². The van der Waals surface area contributed by atoms with Gasteiger partial charge in [0, 0.05) is 54.8 Å². The van der Waals surface area contributed by atoms with Crippen LogP contribution >= 0.6 is 23.2 Å². The van der Waals surface area contributed by atoms with Crippen LogP contribution in [0.1, 0.15) is 37.9 Å². The van der Waals surface area contributed by atoms with E-state index in [1.54, 1.807) is 12.4 Å². The van der Waals surface area contributed by atoms with Crippen molar-refractivity contribution >= 4 is 39.9 Å². The second-order valence-corrected chi connectivity index (χ2v) is 10.6. The molecule has 1 N–H and O–H groups in total. The zero-order valence-corrected chi connectivity index (χ0v) is 21.5. The lowest BCUT2D eigenvalue weighted by molar-refractivity contribution is 0.133. The molecule has 9 heteroatoms. The van der Waals surface area contributed by atoms with Crippen molar-refractivity contribution in [3.8, 4) is 17.0 Å². The van der Waals surface area contributed by atoms with Crippen molar-refractivity contribution in [2.24, 2.45) is 5.41 Å². The quantitative estimate of drug-likeness (QED) is 0.322. The van der Waals surface area contributed by atoms with Gasteiger partial charge in [-0.25, -0.2) is 4.98 Å². The number of rotatable bonds is 5. The van der Waals surface area contributed by atoms with Crippen molar-refractivity contribution in [3.63, 3.8) is 0 Å². The Morgan fingerprint density at radius 1 is 1.06 bits per heavy atom. The fourth-order valence-electron chi connectivity index (χ4n) is 5.33. The van der Waals surface area contributed by atoms with Crippen molar-refractivity contribution in [2.45, 2.75) is 32.3 Å². The summed E-state index contributed by atoms with van der Waals surface area (Å²) >= 11 is 12.6. The van der Waals surface area contributed by atoms with Crippen molar-refractivity contribution in [1.29, 1.82) is 0 Å². The molecule has 0 radical (unpaired) electrons. The molecule has 0 bridgehead atoms. The highest BCUT2D eigenvalue weighted by Gasteiger charge is 2.38. The number of halogens is 2. The number of nitrogens with zero attached hydrogens (tertiary/aromatic N) is 4.